The molecule has 0 aliphatic rings. The number of nitriles is 1. The molecule has 1 heterocycles. The standard InChI is InChI=1S/C26H21N5O3/c1-33-21-11-6-8-19(14-21)17-34-22-12-5-7-18(13-22)16-28-31-26-29-24(20-9-3-2-4-10-20)23(15-27)25(32)30-26/h2-14,16H,17H2,1H3,(H2,29,30,31,32). The summed E-state index contributed by atoms with van der Waals surface area (Å²) >= 11 is 0. The van der Waals surface area contributed by atoms with Gasteiger partial charge >= 0.3 is 0 Å². The van der Waals surface area contributed by atoms with E-state index in [2.05, 4.69) is 20.5 Å². The summed E-state index contributed by atoms with van der Waals surface area (Å²) in [5.41, 5.74) is 4.86. The van der Waals surface area contributed by atoms with Crippen LogP contribution in [0.1, 0.15) is 16.7 Å². The number of aromatic amines is 1. The second-order valence-electron chi connectivity index (χ2n) is 7.20. The number of H-pyrrole nitrogens is 1. The van der Waals surface area contributed by atoms with Crippen molar-refractivity contribution in [2.75, 3.05) is 12.5 Å². The summed E-state index contributed by atoms with van der Waals surface area (Å²) < 4.78 is 11.1. The van der Waals surface area contributed by atoms with Gasteiger partial charge in [-0.25, -0.2) is 10.4 Å². The molecule has 2 N–H and O–H groups in total. The molecule has 0 atom stereocenters. The van der Waals surface area contributed by atoms with E-state index in [9.17, 15) is 10.1 Å². The first-order valence-corrected chi connectivity index (χ1v) is 10.4. The Morgan fingerprint density at radius 1 is 1.06 bits per heavy atom. The molecule has 0 fully saturated rings. The van der Waals surface area contributed by atoms with Crippen LogP contribution in [0.25, 0.3) is 11.3 Å². The van der Waals surface area contributed by atoms with Crippen molar-refractivity contribution in [1.29, 1.82) is 5.26 Å². The third-order valence-electron chi connectivity index (χ3n) is 4.86. The van der Waals surface area contributed by atoms with Gasteiger partial charge in [0.2, 0.25) is 5.95 Å². The number of nitrogens with one attached hydrogen (secondary N) is 2. The molecule has 8 nitrogen and oxygen atoms in total. The molecule has 0 saturated carbocycles. The van der Waals surface area contributed by atoms with E-state index in [-0.39, 0.29) is 17.2 Å². The average Bonchev–Trinajstić information content (AvgIpc) is 2.88. The zero-order valence-corrected chi connectivity index (χ0v) is 18.4. The number of anilines is 1. The van der Waals surface area contributed by atoms with E-state index >= 15 is 0 Å². The summed E-state index contributed by atoms with van der Waals surface area (Å²) in [6.45, 7) is 0.398. The summed E-state index contributed by atoms with van der Waals surface area (Å²) in [6, 6.07) is 26.1. The summed E-state index contributed by atoms with van der Waals surface area (Å²) in [6.07, 6.45) is 1.58. The number of benzene rings is 3. The lowest BCUT2D eigenvalue weighted by Gasteiger charge is -2.08. The van der Waals surface area contributed by atoms with Gasteiger partial charge in [-0.1, -0.05) is 54.6 Å². The Labute approximate surface area is 196 Å². The lowest BCUT2D eigenvalue weighted by atomic mass is 10.1. The first-order valence-electron chi connectivity index (χ1n) is 10.4. The second-order valence-corrected chi connectivity index (χ2v) is 7.20. The Hall–Kier alpha value is -4.90. The highest BCUT2D eigenvalue weighted by Gasteiger charge is 2.12. The maximum atomic E-state index is 12.3. The van der Waals surface area contributed by atoms with Crippen molar-refractivity contribution in [3.63, 3.8) is 0 Å². The van der Waals surface area contributed by atoms with Crippen LogP contribution in [-0.4, -0.2) is 23.3 Å². The van der Waals surface area contributed by atoms with Crippen molar-refractivity contribution in [2.45, 2.75) is 6.61 Å². The van der Waals surface area contributed by atoms with Gasteiger partial charge < -0.3 is 9.47 Å². The molecule has 0 bridgehead atoms. The molecule has 0 spiro atoms. The van der Waals surface area contributed by atoms with Crippen molar-refractivity contribution in [3.05, 3.63) is 106 Å². The van der Waals surface area contributed by atoms with Gasteiger partial charge in [0.05, 0.1) is 19.0 Å². The van der Waals surface area contributed by atoms with E-state index in [1.54, 1.807) is 25.5 Å². The summed E-state index contributed by atoms with van der Waals surface area (Å²) in [4.78, 5) is 19.2. The smallest absolute Gasteiger partial charge is 0.270 e. The number of hydrogen-bond acceptors (Lipinski definition) is 7. The Bertz CT molecular complexity index is 1410. The van der Waals surface area contributed by atoms with Gasteiger partial charge in [-0.05, 0) is 35.4 Å². The highest BCUT2D eigenvalue weighted by Crippen LogP contribution is 2.20. The molecule has 0 unspecified atom stereocenters. The van der Waals surface area contributed by atoms with Crippen LogP contribution in [0.3, 0.4) is 0 Å². The Kier molecular flexibility index (Phi) is 6.96. The molecule has 0 radical (unpaired) electrons. The fourth-order valence-corrected chi connectivity index (χ4v) is 3.22. The van der Waals surface area contributed by atoms with E-state index < -0.39 is 5.56 Å². The molecule has 0 amide bonds. The summed E-state index contributed by atoms with van der Waals surface area (Å²) in [7, 11) is 1.63. The lowest BCUT2D eigenvalue weighted by molar-refractivity contribution is 0.305. The van der Waals surface area contributed by atoms with Gasteiger partial charge in [0, 0.05) is 5.56 Å². The monoisotopic (exact) mass is 451 g/mol. The zero-order chi connectivity index (χ0) is 23.8. The van der Waals surface area contributed by atoms with Gasteiger partial charge in [-0.3, -0.25) is 9.78 Å². The molecule has 0 saturated heterocycles. The van der Waals surface area contributed by atoms with Crippen molar-refractivity contribution in [1.82, 2.24) is 9.97 Å². The molecule has 168 valence electrons. The second kappa shape index (κ2) is 10.6. The van der Waals surface area contributed by atoms with Crippen molar-refractivity contribution in [2.24, 2.45) is 5.10 Å². The maximum Gasteiger partial charge on any atom is 0.270 e. The van der Waals surface area contributed by atoms with E-state index in [0.29, 0.717) is 17.9 Å². The molecular formula is C26H21N5O3. The van der Waals surface area contributed by atoms with Gasteiger partial charge in [0.15, 0.2) is 0 Å². The van der Waals surface area contributed by atoms with E-state index in [1.165, 1.54) is 0 Å². The van der Waals surface area contributed by atoms with Gasteiger partial charge in [-0.2, -0.15) is 10.4 Å². The normalized spacial score (nSPS) is 10.6. The quantitative estimate of drug-likeness (QED) is 0.304. The van der Waals surface area contributed by atoms with E-state index in [0.717, 1.165) is 16.9 Å². The molecule has 4 aromatic rings. The van der Waals surface area contributed by atoms with Crippen LogP contribution in [0.15, 0.2) is 88.8 Å². The van der Waals surface area contributed by atoms with Gasteiger partial charge in [0.1, 0.15) is 29.7 Å². The third kappa shape index (κ3) is 5.47. The average molecular weight is 451 g/mol. The predicted molar refractivity (Wildman–Crippen MR) is 130 cm³/mol. The third-order valence-corrected chi connectivity index (χ3v) is 4.86. The first-order chi connectivity index (χ1) is 16.7. The van der Waals surface area contributed by atoms with Crippen LogP contribution < -0.4 is 20.5 Å². The van der Waals surface area contributed by atoms with Crippen LogP contribution in [0.5, 0.6) is 11.5 Å². The Morgan fingerprint density at radius 3 is 2.65 bits per heavy atom. The minimum Gasteiger partial charge on any atom is -0.497 e. The molecule has 4 rings (SSSR count). The number of ether oxygens (including phenoxy) is 2. The predicted octanol–water partition coefficient (Wildman–Crippen LogP) is 4.34. The molecule has 1 aromatic heterocycles. The van der Waals surface area contributed by atoms with E-state index in [4.69, 9.17) is 9.47 Å². The molecule has 0 aliphatic carbocycles. The van der Waals surface area contributed by atoms with Gasteiger partial charge in [-0.15, -0.1) is 0 Å². The topological polar surface area (TPSA) is 112 Å². The lowest BCUT2D eigenvalue weighted by Crippen LogP contribution is -2.16. The summed E-state index contributed by atoms with van der Waals surface area (Å²) in [5.74, 6) is 1.59. The number of methoxy groups -OCH3 is 1. The summed E-state index contributed by atoms with van der Waals surface area (Å²) in [5, 5.41) is 13.5. The van der Waals surface area contributed by atoms with Crippen LogP contribution in [0.4, 0.5) is 5.95 Å². The molecule has 34 heavy (non-hydrogen) atoms. The number of hydrogen-bond donors (Lipinski definition) is 2. The number of hydrazone groups is 1. The number of aromatic nitrogens is 2. The molecule has 8 heteroatoms. The fraction of sp³-hybridized carbons (Fsp3) is 0.0769. The highest BCUT2D eigenvalue weighted by molar-refractivity contribution is 5.80. The maximum absolute atomic E-state index is 12.3. The first kappa shape index (κ1) is 22.3. The SMILES string of the molecule is COc1cccc(COc2cccc(C=NNc3nc(-c4ccccc4)c(C#N)c(=O)[nH]3)c2)c1. The number of rotatable bonds is 8. The fourth-order valence-electron chi connectivity index (χ4n) is 3.22. The minimum atomic E-state index is -0.540. The van der Waals surface area contributed by atoms with E-state index in [1.807, 2.05) is 72.8 Å². The highest BCUT2D eigenvalue weighted by atomic mass is 16.5. The van der Waals surface area contributed by atoms with Crippen molar-refractivity contribution >= 4 is 12.2 Å². The van der Waals surface area contributed by atoms with Crippen LogP contribution in [0.2, 0.25) is 0 Å². The van der Waals surface area contributed by atoms with Gasteiger partial charge in [0.25, 0.3) is 5.56 Å². The molecule has 3 aromatic carbocycles. The zero-order valence-electron chi connectivity index (χ0n) is 18.4. The Morgan fingerprint density at radius 2 is 1.85 bits per heavy atom. The molecular weight excluding hydrogens is 430 g/mol. The van der Waals surface area contributed by atoms with Crippen LogP contribution in [-0.2, 0) is 6.61 Å². The molecule has 0 aliphatic heterocycles. The minimum absolute atomic E-state index is 0.0541. The largest absolute Gasteiger partial charge is 0.497 e. The van der Waals surface area contributed by atoms with Crippen LogP contribution >= 0.6 is 0 Å². The Balaban J connectivity index is 1.46. The van der Waals surface area contributed by atoms with Crippen LogP contribution in [0, 0.1) is 11.3 Å². The number of nitrogens with zero attached hydrogens (tertiary/aromatic N) is 3. The van der Waals surface area contributed by atoms with Crippen molar-refractivity contribution < 1.29 is 9.47 Å². The van der Waals surface area contributed by atoms with Crippen molar-refractivity contribution in [3.8, 4) is 28.8 Å².